The number of rotatable bonds is 5. The van der Waals surface area contributed by atoms with Gasteiger partial charge in [-0.05, 0) is 31.0 Å². The topological polar surface area (TPSA) is 47.0 Å². The average molecular weight is 278 g/mol. The van der Waals surface area contributed by atoms with Crippen LogP contribution in [0.5, 0.6) is 11.6 Å². The number of aromatic nitrogens is 2. The largest absolute Gasteiger partial charge is 0.439 e. The fourth-order valence-electron chi connectivity index (χ4n) is 1.54. The van der Waals surface area contributed by atoms with E-state index in [0.29, 0.717) is 16.7 Å². The molecule has 1 N–H and O–H groups in total. The molecule has 19 heavy (non-hydrogen) atoms. The maximum Gasteiger partial charge on any atom is 0.224 e. The fraction of sp³-hybridized carbons (Fsp3) is 0.286. The summed E-state index contributed by atoms with van der Waals surface area (Å²) in [6.07, 6.45) is 2.51. The van der Waals surface area contributed by atoms with E-state index in [9.17, 15) is 0 Å². The number of hydrogen-bond acceptors (Lipinski definition) is 4. The molecule has 0 fully saturated rings. The Bertz CT molecular complexity index is 560. The van der Waals surface area contributed by atoms with E-state index in [0.717, 1.165) is 24.3 Å². The summed E-state index contributed by atoms with van der Waals surface area (Å²) >= 11 is 5.96. The maximum atomic E-state index is 5.96. The van der Waals surface area contributed by atoms with Crippen LogP contribution in [0.1, 0.15) is 18.9 Å². The van der Waals surface area contributed by atoms with Crippen LogP contribution in [-0.2, 0) is 0 Å². The van der Waals surface area contributed by atoms with Gasteiger partial charge in [0.2, 0.25) is 5.88 Å². The van der Waals surface area contributed by atoms with Crippen LogP contribution in [0, 0.1) is 6.92 Å². The standard InChI is InChI=1S/C14H16ClN3O/c1-3-6-16-13-8-14(18-9-17-13)19-12-7-11(15)5-4-10(12)2/h4-5,7-9H,3,6H2,1-2H3,(H,16,17,18). The number of anilines is 1. The van der Waals surface area contributed by atoms with Gasteiger partial charge in [-0.2, -0.15) is 0 Å². The quantitative estimate of drug-likeness (QED) is 0.895. The van der Waals surface area contributed by atoms with Gasteiger partial charge in [-0.1, -0.05) is 24.6 Å². The van der Waals surface area contributed by atoms with Gasteiger partial charge in [0.1, 0.15) is 17.9 Å². The number of nitrogens with zero attached hydrogens (tertiary/aromatic N) is 2. The molecule has 0 spiro atoms. The molecular weight excluding hydrogens is 262 g/mol. The predicted octanol–water partition coefficient (Wildman–Crippen LogP) is 4.05. The van der Waals surface area contributed by atoms with Gasteiger partial charge in [0.25, 0.3) is 0 Å². The summed E-state index contributed by atoms with van der Waals surface area (Å²) in [7, 11) is 0. The van der Waals surface area contributed by atoms with Crippen molar-refractivity contribution in [2.75, 3.05) is 11.9 Å². The van der Waals surface area contributed by atoms with Crippen molar-refractivity contribution in [2.45, 2.75) is 20.3 Å². The first kappa shape index (κ1) is 13.6. The van der Waals surface area contributed by atoms with Crippen LogP contribution in [0.4, 0.5) is 5.82 Å². The van der Waals surface area contributed by atoms with Crippen LogP contribution in [0.15, 0.2) is 30.6 Å². The highest BCUT2D eigenvalue weighted by atomic mass is 35.5. The lowest BCUT2D eigenvalue weighted by Crippen LogP contribution is -2.02. The second kappa shape index (κ2) is 6.38. The van der Waals surface area contributed by atoms with Crippen LogP contribution < -0.4 is 10.1 Å². The van der Waals surface area contributed by atoms with Gasteiger partial charge in [-0.25, -0.2) is 9.97 Å². The minimum absolute atomic E-state index is 0.499. The Morgan fingerprint density at radius 2 is 2.11 bits per heavy atom. The monoisotopic (exact) mass is 277 g/mol. The first-order chi connectivity index (χ1) is 9.19. The zero-order chi connectivity index (χ0) is 13.7. The van der Waals surface area contributed by atoms with Crippen molar-refractivity contribution in [3.63, 3.8) is 0 Å². The highest BCUT2D eigenvalue weighted by molar-refractivity contribution is 6.30. The second-order valence-electron chi connectivity index (χ2n) is 4.18. The molecule has 2 rings (SSSR count). The molecule has 0 saturated carbocycles. The van der Waals surface area contributed by atoms with Crippen LogP contribution in [0.3, 0.4) is 0 Å². The summed E-state index contributed by atoms with van der Waals surface area (Å²) < 4.78 is 5.74. The first-order valence-corrected chi connectivity index (χ1v) is 6.56. The van der Waals surface area contributed by atoms with Gasteiger partial charge in [-0.15, -0.1) is 0 Å². The summed E-state index contributed by atoms with van der Waals surface area (Å²) in [6, 6.07) is 7.29. The Morgan fingerprint density at radius 3 is 2.89 bits per heavy atom. The fourth-order valence-corrected chi connectivity index (χ4v) is 1.70. The van der Waals surface area contributed by atoms with E-state index in [1.807, 2.05) is 19.1 Å². The molecule has 0 aliphatic heterocycles. The number of halogens is 1. The molecule has 0 unspecified atom stereocenters. The molecule has 0 aliphatic rings. The highest BCUT2D eigenvalue weighted by Gasteiger charge is 2.05. The van der Waals surface area contributed by atoms with Crippen molar-refractivity contribution in [1.29, 1.82) is 0 Å². The Labute approximate surface area is 117 Å². The van der Waals surface area contributed by atoms with E-state index in [-0.39, 0.29) is 0 Å². The lowest BCUT2D eigenvalue weighted by atomic mass is 10.2. The molecule has 4 nitrogen and oxygen atoms in total. The average Bonchev–Trinajstić information content (AvgIpc) is 2.41. The number of hydrogen-bond donors (Lipinski definition) is 1. The van der Waals surface area contributed by atoms with E-state index in [1.54, 1.807) is 12.1 Å². The predicted molar refractivity (Wildman–Crippen MR) is 77.1 cm³/mol. The smallest absolute Gasteiger partial charge is 0.224 e. The van der Waals surface area contributed by atoms with Gasteiger partial charge >= 0.3 is 0 Å². The normalized spacial score (nSPS) is 10.3. The molecule has 0 saturated heterocycles. The van der Waals surface area contributed by atoms with Crippen molar-refractivity contribution in [1.82, 2.24) is 9.97 Å². The van der Waals surface area contributed by atoms with Crippen LogP contribution >= 0.6 is 11.6 Å². The summed E-state index contributed by atoms with van der Waals surface area (Å²) in [5.74, 6) is 1.96. The third-order valence-corrected chi connectivity index (χ3v) is 2.80. The zero-order valence-corrected chi connectivity index (χ0v) is 11.7. The van der Waals surface area contributed by atoms with Gasteiger partial charge in [-0.3, -0.25) is 0 Å². The Morgan fingerprint density at radius 1 is 1.26 bits per heavy atom. The third kappa shape index (κ3) is 3.83. The van der Waals surface area contributed by atoms with Crippen LogP contribution in [0.2, 0.25) is 5.02 Å². The van der Waals surface area contributed by atoms with Gasteiger partial charge in [0.15, 0.2) is 0 Å². The molecule has 2 aromatic rings. The van der Waals surface area contributed by atoms with Crippen molar-refractivity contribution < 1.29 is 4.74 Å². The van der Waals surface area contributed by atoms with Gasteiger partial charge in [0.05, 0.1) is 0 Å². The van der Waals surface area contributed by atoms with Crippen molar-refractivity contribution in [3.8, 4) is 11.6 Å². The molecule has 0 atom stereocenters. The van der Waals surface area contributed by atoms with Gasteiger partial charge < -0.3 is 10.1 Å². The maximum absolute atomic E-state index is 5.96. The van der Waals surface area contributed by atoms with E-state index < -0.39 is 0 Å². The first-order valence-electron chi connectivity index (χ1n) is 6.19. The Balaban J connectivity index is 2.16. The molecule has 1 aromatic carbocycles. The number of nitrogens with one attached hydrogen (secondary N) is 1. The van der Waals surface area contributed by atoms with Crippen molar-refractivity contribution in [2.24, 2.45) is 0 Å². The SMILES string of the molecule is CCCNc1cc(Oc2cc(Cl)ccc2C)ncn1. The van der Waals surface area contributed by atoms with E-state index >= 15 is 0 Å². The molecule has 1 heterocycles. The van der Waals surface area contributed by atoms with Crippen LogP contribution in [0.25, 0.3) is 0 Å². The van der Waals surface area contributed by atoms with E-state index in [1.165, 1.54) is 6.33 Å². The molecule has 0 aliphatic carbocycles. The summed E-state index contributed by atoms with van der Waals surface area (Å²) in [5, 5.41) is 3.83. The Kier molecular flexibility index (Phi) is 4.58. The minimum atomic E-state index is 0.499. The third-order valence-electron chi connectivity index (χ3n) is 2.56. The summed E-state index contributed by atoms with van der Waals surface area (Å²) in [6.45, 7) is 4.93. The number of aryl methyl sites for hydroxylation is 1. The molecule has 100 valence electrons. The molecule has 1 aromatic heterocycles. The lowest BCUT2D eigenvalue weighted by Gasteiger charge is -2.09. The molecule has 5 heteroatoms. The van der Waals surface area contributed by atoms with Crippen molar-refractivity contribution >= 4 is 17.4 Å². The number of benzene rings is 1. The van der Waals surface area contributed by atoms with E-state index in [4.69, 9.17) is 16.3 Å². The van der Waals surface area contributed by atoms with Crippen LogP contribution in [-0.4, -0.2) is 16.5 Å². The molecule has 0 bridgehead atoms. The zero-order valence-electron chi connectivity index (χ0n) is 11.0. The molecule has 0 radical (unpaired) electrons. The summed E-state index contributed by atoms with van der Waals surface area (Å²) in [5.41, 5.74) is 1.01. The second-order valence-corrected chi connectivity index (χ2v) is 4.62. The summed E-state index contributed by atoms with van der Waals surface area (Å²) in [4.78, 5) is 8.23. The Hall–Kier alpha value is -1.81. The van der Waals surface area contributed by atoms with Gasteiger partial charge in [0, 0.05) is 17.6 Å². The molecule has 0 amide bonds. The number of ether oxygens (including phenoxy) is 1. The van der Waals surface area contributed by atoms with Crippen molar-refractivity contribution in [3.05, 3.63) is 41.2 Å². The molecular formula is C14H16ClN3O. The van der Waals surface area contributed by atoms with E-state index in [2.05, 4.69) is 22.2 Å². The minimum Gasteiger partial charge on any atom is -0.439 e. The highest BCUT2D eigenvalue weighted by Crippen LogP contribution is 2.27. The lowest BCUT2D eigenvalue weighted by molar-refractivity contribution is 0.458.